The lowest BCUT2D eigenvalue weighted by atomic mass is 10.3. The van der Waals surface area contributed by atoms with Crippen LogP contribution in [-0.2, 0) is 9.53 Å². The molecule has 1 amide bonds. The highest BCUT2D eigenvalue weighted by atomic mass is 79.9. The second-order valence-electron chi connectivity index (χ2n) is 2.60. The molecule has 6 heteroatoms. The molecule has 80 valence electrons. The van der Waals surface area contributed by atoms with Gasteiger partial charge in [-0.3, -0.25) is 5.32 Å². The molecule has 0 atom stereocenters. The van der Waals surface area contributed by atoms with Crippen LogP contribution in [0.1, 0.15) is 0 Å². The van der Waals surface area contributed by atoms with E-state index in [1.54, 1.807) is 24.3 Å². The lowest BCUT2D eigenvalue weighted by Gasteiger charge is -2.04. The van der Waals surface area contributed by atoms with E-state index in [9.17, 15) is 9.59 Å². The number of halogens is 1. The van der Waals surface area contributed by atoms with Crippen LogP contribution in [0.15, 0.2) is 28.7 Å². The van der Waals surface area contributed by atoms with Gasteiger partial charge in [0.05, 0.1) is 0 Å². The number of nitrogens with one attached hydrogen (secondary N) is 1. The van der Waals surface area contributed by atoms with Crippen LogP contribution in [0.5, 0.6) is 0 Å². The molecule has 5 nitrogen and oxygen atoms in total. The summed E-state index contributed by atoms with van der Waals surface area (Å²) in [7, 11) is 0. The van der Waals surface area contributed by atoms with Crippen LogP contribution in [0, 0.1) is 0 Å². The molecule has 0 radical (unpaired) electrons. The van der Waals surface area contributed by atoms with E-state index >= 15 is 0 Å². The Hall–Kier alpha value is -1.56. The molecule has 0 aliphatic carbocycles. The number of hydrogen-bond donors (Lipinski definition) is 2. The minimum atomic E-state index is -1.19. The van der Waals surface area contributed by atoms with Crippen LogP contribution in [0.4, 0.5) is 10.5 Å². The second kappa shape index (κ2) is 5.35. The van der Waals surface area contributed by atoms with Gasteiger partial charge in [-0.25, -0.2) is 9.59 Å². The maximum Gasteiger partial charge on any atom is 0.412 e. The summed E-state index contributed by atoms with van der Waals surface area (Å²) in [5.41, 5.74) is 0.536. The molecule has 0 fully saturated rings. The Morgan fingerprint density at radius 2 is 1.93 bits per heavy atom. The Kier molecular flexibility index (Phi) is 4.11. The number of amides is 1. The third kappa shape index (κ3) is 4.46. The molecule has 0 heterocycles. The molecule has 0 unspecified atom stereocenters. The fourth-order valence-electron chi connectivity index (χ4n) is 0.814. The second-order valence-corrected chi connectivity index (χ2v) is 3.52. The molecule has 1 rings (SSSR count). The number of carboxylic acids is 1. The lowest BCUT2D eigenvalue weighted by molar-refractivity contribution is -0.140. The number of anilines is 1. The van der Waals surface area contributed by atoms with Gasteiger partial charge in [0, 0.05) is 10.2 Å². The lowest BCUT2D eigenvalue weighted by Crippen LogP contribution is -2.18. The molecule has 0 saturated heterocycles. The molecule has 0 aliphatic heterocycles. The molecule has 2 N–H and O–H groups in total. The van der Waals surface area contributed by atoms with Crippen molar-refractivity contribution < 1.29 is 19.4 Å². The summed E-state index contributed by atoms with van der Waals surface area (Å²) >= 11 is 3.24. The Balaban J connectivity index is 2.44. The number of carboxylic acid groups (broad SMARTS) is 1. The minimum absolute atomic E-state index is 0.536. The van der Waals surface area contributed by atoms with E-state index in [-0.39, 0.29) is 0 Å². The van der Waals surface area contributed by atoms with Crippen molar-refractivity contribution in [2.75, 3.05) is 11.9 Å². The van der Waals surface area contributed by atoms with E-state index < -0.39 is 18.7 Å². The zero-order valence-corrected chi connectivity index (χ0v) is 9.15. The quantitative estimate of drug-likeness (QED) is 0.884. The first kappa shape index (κ1) is 11.5. The van der Waals surface area contributed by atoms with Crippen LogP contribution in [0.25, 0.3) is 0 Å². The van der Waals surface area contributed by atoms with Crippen LogP contribution in [-0.4, -0.2) is 23.8 Å². The summed E-state index contributed by atoms with van der Waals surface area (Å²) in [4.78, 5) is 21.1. The summed E-state index contributed by atoms with van der Waals surface area (Å²) in [5, 5.41) is 10.6. The van der Waals surface area contributed by atoms with Crippen molar-refractivity contribution in [1.82, 2.24) is 0 Å². The van der Waals surface area contributed by atoms with Gasteiger partial charge in [-0.15, -0.1) is 0 Å². The van der Waals surface area contributed by atoms with Crippen molar-refractivity contribution in [3.8, 4) is 0 Å². The van der Waals surface area contributed by atoms with Crippen molar-refractivity contribution >= 4 is 33.7 Å². The van der Waals surface area contributed by atoms with E-state index in [4.69, 9.17) is 5.11 Å². The number of ether oxygens (including phenoxy) is 1. The zero-order chi connectivity index (χ0) is 11.3. The standard InChI is InChI=1S/C9H8BrNO4/c10-6-1-3-7(4-2-6)11-9(14)15-5-8(12)13/h1-4H,5H2,(H,11,14)(H,12,13). The van der Waals surface area contributed by atoms with Crippen molar-refractivity contribution in [3.05, 3.63) is 28.7 Å². The molecule has 1 aromatic carbocycles. The maximum atomic E-state index is 11.0. The predicted octanol–water partition coefficient (Wildman–Crippen LogP) is 2.08. The van der Waals surface area contributed by atoms with Gasteiger partial charge in [0.25, 0.3) is 0 Å². The normalized spacial score (nSPS) is 9.40. The molecular formula is C9H8BrNO4. The fraction of sp³-hybridized carbons (Fsp3) is 0.111. The van der Waals surface area contributed by atoms with Crippen LogP contribution in [0.3, 0.4) is 0 Å². The van der Waals surface area contributed by atoms with Crippen LogP contribution < -0.4 is 5.32 Å². The van der Waals surface area contributed by atoms with Gasteiger partial charge in [0.15, 0.2) is 6.61 Å². The average Bonchev–Trinajstić information content (AvgIpc) is 2.19. The first-order valence-corrected chi connectivity index (χ1v) is 4.78. The summed E-state index contributed by atoms with van der Waals surface area (Å²) in [6, 6.07) is 6.80. The third-order valence-electron chi connectivity index (χ3n) is 1.42. The Morgan fingerprint density at radius 1 is 1.33 bits per heavy atom. The summed E-state index contributed by atoms with van der Waals surface area (Å²) < 4.78 is 5.26. The van der Waals surface area contributed by atoms with Gasteiger partial charge in [-0.2, -0.15) is 0 Å². The first-order chi connectivity index (χ1) is 7.08. The number of benzene rings is 1. The predicted molar refractivity (Wildman–Crippen MR) is 56.7 cm³/mol. The topological polar surface area (TPSA) is 75.6 Å². The molecule has 0 aliphatic rings. The van der Waals surface area contributed by atoms with E-state index in [1.165, 1.54) is 0 Å². The van der Waals surface area contributed by atoms with Gasteiger partial charge in [-0.1, -0.05) is 15.9 Å². The van der Waals surface area contributed by atoms with Crippen molar-refractivity contribution in [1.29, 1.82) is 0 Å². The SMILES string of the molecule is O=C(O)COC(=O)Nc1ccc(Br)cc1. The fourth-order valence-corrected chi connectivity index (χ4v) is 1.08. The molecular weight excluding hydrogens is 266 g/mol. The third-order valence-corrected chi connectivity index (χ3v) is 1.95. The number of carbonyl (C=O) groups is 2. The molecule has 0 bridgehead atoms. The van der Waals surface area contributed by atoms with E-state index in [0.29, 0.717) is 5.69 Å². The Labute approximate surface area is 94.2 Å². The number of hydrogen-bond acceptors (Lipinski definition) is 3. The molecule has 0 saturated carbocycles. The monoisotopic (exact) mass is 273 g/mol. The van der Waals surface area contributed by atoms with Crippen molar-refractivity contribution in [2.24, 2.45) is 0 Å². The minimum Gasteiger partial charge on any atom is -0.479 e. The highest BCUT2D eigenvalue weighted by Crippen LogP contribution is 2.14. The smallest absolute Gasteiger partial charge is 0.412 e. The zero-order valence-electron chi connectivity index (χ0n) is 7.57. The molecule has 15 heavy (non-hydrogen) atoms. The maximum absolute atomic E-state index is 11.0. The molecule has 1 aromatic rings. The summed E-state index contributed by atoms with van der Waals surface area (Å²) in [6.07, 6.45) is -0.792. The Bertz CT molecular complexity index is 363. The van der Waals surface area contributed by atoms with E-state index in [2.05, 4.69) is 26.0 Å². The molecule has 0 aromatic heterocycles. The highest BCUT2D eigenvalue weighted by Gasteiger charge is 2.05. The van der Waals surface area contributed by atoms with E-state index in [0.717, 1.165) is 4.47 Å². The number of aliphatic carboxylic acids is 1. The van der Waals surface area contributed by atoms with Gasteiger partial charge in [-0.05, 0) is 24.3 Å². The van der Waals surface area contributed by atoms with Gasteiger partial charge in [0.1, 0.15) is 0 Å². The number of rotatable bonds is 3. The first-order valence-electron chi connectivity index (χ1n) is 3.99. The van der Waals surface area contributed by atoms with Gasteiger partial charge < -0.3 is 9.84 Å². The summed E-state index contributed by atoms with van der Waals surface area (Å²) in [5.74, 6) is -1.19. The van der Waals surface area contributed by atoms with Crippen LogP contribution >= 0.6 is 15.9 Å². The highest BCUT2D eigenvalue weighted by molar-refractivity contribution is 9.10. The van der Waals surface area contributed by atoms with Crippen molar-refractivity contribution in [3.63, 3.8) is 0 Å². The van der Waals surface area contributed by atoms with Gasteiger partial charge >= 0.3 is 12.1 Å². The van der Waals surface area contributed by atoms with Crippen molar-refractivity contribution in [2.45, 2.75) is 0 Å². The average molecular weight is 274 g/mol. The van der Waals surface area contributed by atoms with Crippen LogP contribution in [0.2, 0.25) is 0 Å². The number of carbonyl (C=O) groups excluding carboxylic acids is 1. The largest absolute Gasteiger partial charge is 0.479 e. The summed E-state index contributed by atoms with van der Waals surface area (Å²) in [6.45, 7) is -0.650. The molecule has 0 spiro atoms. The van der Waals surface area contributed by atoms with E-state index in [1.807, 2.05) is 0 Å². The Morgan fingerprint density at radius 3 is 2.47 bits per heavy atom. The van der Waals surface area contributed by atoms with Gasteiger partial charge in [0.2, 0.25) is 0 Å².